The van der Waals surface area contributed by atoms with Gasteiger partial charge in [-0.15, -0.1) is 69.1 Å². The molecule has 0 atom stereocenters. The number of fused-ring (bicyclic) bond motifs is 2. The quantitative estimate of drug-likeness (QED) is 0.121. The van der Waals surface area contributed by atoms with Crippen molar-refractivity contribution >= 4 is 21.5 Å². The maximum absolute atomic E-state index is 2.46. The van der Waals surface area contributed by atoms with Crippen molar-refractivity contribution in [1.29, 1.82) is 0 Å². The van der Waals surface area contributed by atoms with Gasteiger partial charge in [0, 0.05) is 0 Å². The molecule has 6 aromatic carbocycles. The van der Waals surface area contributed by atoms with Crippen LogP contribution < -0.4 is 0 Å². The van der Waals surface area contributed by atoms with E-state index in [-0.39, 0.29) is 46.1 Å². The van der Waals surface area contributed by atoms with Gasteiger partial charge in [-0.05, 0) is 47.9 Å². The molecule has 0 saturated heterocycles. The van der Waals surface area contributed by atoms with E-state index in [2.05, 4.69) is 137 Å². The molecular weight excluding hydrogens is 647 g/mol. The molecule has 0 saturated carbocycles. The van der Waals surface area contributed by atoms with Crippen molar-refractivity contribution < 1.29 is 25.8 Å². The topological polar surface area (TPSA) is 0 Å². The molecule has 6 rings (SSSR count). The van der Waals surface area contributed by atoms with Crippen LogP contribution in [0.5, 0.6) is 0 Å². The molecular formula is C39H40Hf. The van der Waals surface area contributed by atoms with Crippen molar-refractivity contribution in [1.82, 2.24) is 0 Å². The normalized spacial score (nSPS) is 11.1. The van der Waals surface area contributed by atoms with Crippen LogP contribution in [0.15, 0.2) is 109 Å². The van der Waals surface area contributed by atoms with Crippen molar-refractivity contribution in [3.05, 3.63) is 146 Å². The molecule has 0 aliphatic heterocycles. The third kappa shape index (κ3) is 5.34. The number of rotatable bonds is 6. The Bertz CT molecular complexity index is 1600. The second kappa shape index (κ2) is 12.6. The summed E-state index contributed by atoms with van der Waals surface area (Å²) in [6.07, 6.45) is 2.24. The van der Waals surface area contributed by atoms with E-state index in [0.717, 1.165) is 12.8 Å². The second-order valence-corrected chi connectivity index (χ2v) is 10.8. The molecule has 1 heteroatoms. The molecule has 0 radical (unpaired) electrons. The summed E-state index contributed by atoms with van der Waals surface area (Å²) in [6, 6.07) is 40.8. The minimum absolute atomic E-state index is 0. The average molecular weight is 687 g/mol. The molecule has 0 fully saturated rings. The molecule has 0 aromatic heterocycles. The molecule has 40 heavy (non-hydrogen) atoms. The Labute approximate surface area is 260 Å². The van der Waals surface area contributed by atoms with Crippen molar-refractivity contribution in [3.63, 3.8) is 0 Å². The van der Waals surface area contributed by atoms with E-state index in [9.17, 15) is 0 Å². The molecule has 0 unspecified atom stereocenters. The maximum atomic E-state index is 2.46. The van der Waals surface area contributed by atoms with Gasteiger partial charge >= 0.3 is 25.8 Å². The van der Waals surface area contributed by atoms with Gasteiger partial charge in [-0.2, -0.15) is 12.1 Å². The van der Waals surface area contributed by atoms with E-state index < -0.39 is 0 Å². The van der Waals surface area contributed by atoms with Crippen LogP contribution in [-0.2, 0) is 31.3 Å². The van der Waals surface area contributed by atoms with Gasteiger partial charge in [0.05, 0.1) is 0 Å². The fraction of sp³-hybridized carbons (Fsp3) is 0.179. The van der Waals surface area contributed by atoms with E-state index in [4.69, 9.17) is 0 Å². The zero-order chi connectivity index (χ0) is 25.6. The fourth-order valence-electron chi connectivity index (χ4n) is 6.28. The van der Waals surface area contributed by atoms with Crippen LogP contribution in [0.3, 0.4) is 0 Å². The van der Waals surface area contributed by atoms with Gasteiger partial charge in [0.2, 0.25) is 0 Å². The third-order valence-corrected chi connectivity index (χ3v) is 8.40. The summed E-state index contributed by atoms with van der Waals surface area (Å²) >= 11 is 0. The summed E-state index contributed by atoms with van der Waals surface area (Å²) in [5.74, 6) is 0. The van der Waals surface area contributed by atoms with Gasteiger partial charge in [-0.25, -0.2) is 0 Å². The summed E-state index contributed by atoms with van der Waals surface area (Å²) in [5, 5.41) is 5.36. The molecule has 0 aliphatic rings. The Morgan fingerprint density at radius 2 is 0.975 bits per heavy atom. The summed E-state index contributed by atoms with van der Waals surface area (Å²) in [6.45, 7) is 9.17. The summed E-state index contributed by atoms with van der Waals surface area (Å²) < 4.78 is 0. The van der Waals surface area contributed by atoms with Crippen LogP contribution in [-0.4, -0.2) is 0 Å². The van der Waals surface area contributed by atoms with Crippen molar-refractivity contribution in [2.75, 3.05) is 0 Å². The average Bonchev–Trinajstić information content (AvgIpc) is 3.55. The van der Waals surface area contributed by atoms with E-state index in [1.165, 1.54) is 66.1 Å². The minimum Gasteiger partial charge on any atom is -0.358 e. The van der Waals surface area contributed by atoms with Gasteiger partial charge < -0.3 is 14.9 Å². The van der Waals surface area contributed by atoms with Gasteiger partial charge in [0.15, 0.2) is 0 Å². The predicted octanol–water partition coefficient (Wildman–Crippen LogP) is 11.4. The molecule has 6 aromatic rings. The van der Waals surface area contributed by atoms with Crippen LogP contribution in [0, 0.1) is 28.7 Å². The molecule has 0 bridgehead atoms. The Kier molecular flexibility index (Phi) is 9.96. The van der Waals surface area contributed by atoms with Crippen LogP contribution in [0.4, 0.5) is 0 Å². The first-order valence-corrected chi connectivity index (χ1v) is 13.5. The monoisotopic (exact) mass is 688 g/mol. The molecule has 0 aliphatic carbocycles. The van der Waals surface area contributed by atoms with Gasteiger partial charge in [-0.1, -0.05) is 92.1 Å². The van der Waals surface area contributed by atoms with Crippen molar-refractivity contribution in [2.45, 2.75) is 46.0 Å². The molecule has 0 amide bonds. The van der Waals surface area contributed by atoms with Gasteiger partial charge in [0.25, 0.3) is 0 Å². The molecule has 0 spiro atoms. The van der Waals surface area contributed by atoms with Crippen LogP contribution >= 0.6 is 0 Å². The van der Waals surface area contributed by atoms with Crippen LogP contribution in [0.25, 0.3) is 43.8 Å². The smallest absolute Gasteiger partial charge is 0.358 e. The molecule has 0 N–H and O–H groups in total. The zero-order valence-electron chi connectivity index (χ0n) is 24.8. The second-order valence-electron chi connectivity index (χ2n) is 10.8. The summed E-state index contributed by atoms with van der Waals surface area (Å²) in [7, 11) is 0. The van der Waals surface area contributed by atoms with E-state index in [1.54, 1.807) is 0 Å². The Balaban J connectivity index is 0.00000147. The molecule has 200 valence electrons. The summed E-state index contributed by atoms with van der Waals surface area (Å²) in [4.78, 5) is 0. The number of aryl methyl sites for hydroxylation is 2. The van der Waals surface area contributed by atoms with E-state index >= 15 is 0 Å². The fourth-order valence-corrected chi connectivity index (χ4v) is 6.28. The molecule has 0 nitrogen and oxygen atoms in total. The summed E-state index contributed by atoms with van der Waals surface area (Å²) in [5.41, 5.74) is 10.7. The van der Waals surface area contributed by atoms with Gasteiger partial charge in [0.1, 0.15) is 0 Å². The first-order chi connectivity index (χ1) is 18.0. The first-order valence-electron chi connectivity index (χ1n) is 13.5. The van der Waals surface area contributed by atoms with E-state index in [1.807, 2.05) is 0 Å². The van der Waals surface area contributed by atoms with E-state index in [0.29, 0.717) is 0 Å². The maximum Gasteiger partial charge on any atom is 4.00 e. The Hall–Kier alpha value is -3.03. The van der Waals surface area contributed by atoms with Gasteiger partial charge in [-0.3, -0.25) is 0 Å². The minimum atomic E-state index is -0.0568. The first kappa shape index (κ1) is 31.5. The Morgan fingerprint density at radius 1 is 0.575 bits per heavy atom. The Morgan fingerprint density at radius 3 is 1.38 bits per heavy atom. The van der Waals surface area contributed by atoms with Crippen molar-refractivity contribution in [2.24, 2.45) is 0 Å². The van der Waals surface area contributed by atoms with Crippen molar-refractivity contribution in [3.8, 4) is 22.3 Å². The van der Waals surface area contributed by atoms with Crippen LogP contribution in [0.1, 0.15) is 48.9 Å². The zero-order valence-corrected chi connectivity index (χ0v) is 28.4. The standard InChI is InChI=1S/C37H34.2CH3.Hf/c1-5-20-37(4,29-21-27-14-10-18-33(35(27)23-29)31-16-8-6-12-25(31)2)30-22-28-15-11-19-34(36(28)24-30)32-17-9-7-13-26(32)3;;;/h6-19,21-24H,5,20H2,1-4H3;2*1H3;/q-2;2*-1;+4. The largest absolute Gasteiger partial charge is 4.00 e. The number of benzene rings is 4. The number of hydrogen-bond acceptors (Lipinski definition) is 0. The molecule has 0 heterocycles. The predicted molar refractivity (Wildman–Crippen MR) is 174 cm³/mol. The SMILES string of the molecule is CCCC(C)(c1cc2c(-c3ccccc3C)cccc2[cH-]1)c1cc2c(-c3ccccc3C)cccc2[cH-]1.[CH3-].[CH3-].[Hf+4]. The van der Waals surface area contributed by atoms with Crippen LogP contribution in [0.2, 0.25) is 0 Å². The number of hydrogen-bond donors (Lipinski definition) is 0. The third-order valence-electron chi connectivity index (χ3n) is 8.40.